The summed E-state index contributed by atoms with van der Waals surface area (Å²) in [7, 11) is 0. The van der Waals surface area contributed by atoms with E-state index in [1.807, 2.05) is 13.8 Å². The number of hydrogen-bond acceptors (Lipinski definition) is 7. The van der Waals surface area contributed by atoms with Gasteiger partial charge in [0, 0.05) is 11.6 Å². The van der Waals surface area contributed by atoms with Gasteiger partial charge in [0.05, 0.1) is 5.92 Å². The van der Waals surface area contributed by atoms with Crippen LogP contribution in [0.4, 0.5) is 0 Å². The number of hydrogen-bond donors (Lipinski definition) is 2. The van der Waals surface area contributed by atoms with Crippen LogP contribution in [0.2, 0.25) is 0 Å². The van der Waals surface area contributed by atoms with Crippen LogP contribution in [0.3, 0.4) is 0 Å². The van der Waals surface area contributed by atoms with Crippen molar-refractivity contribution in [3.63, 3.8) is 0 Å². The second-order valence-corrected chi connectivity index (χ2v) is 7.76. The van der Waals surface area contributed by atoms with Crippen LogP contribution in [0.1, 0.15) is 40.5 Å². The standard InChI is InChI=1S/C21H26O8/c1-5-12(2)8-13(3)18(25)29-20(4)16(22)10-14-9-15(6-7-17(23)24)28-11-21(14,27)19(20)26/h6-7,9-10,12-13,27H,5,8,11H2,1-4H3,(H,23,24)/t12-,13-,20+,21+/m0/s1. The highest BCUT2D eigenvalue weighted by Gasteiger charge is 2.59. The third kappa shape index (κ3) is 4.48. The van der Waals surface area contributed by atoms with Crippen LogP contribution >= 0.6 is 0 Å². The lowest BCUT2D eigenvalue weighted by Crippen LogP contribution is -2.63. The summed E-state index contributed by atoms with van der Waals surface area (Å²) in [6.07, 6.45) is 5.64. The molecule has 0 spiro atoms. The highest BCUT2D eigenvalue weighted by atomic mass is 16.6. The largest absolute Gasteiger partial charge is 0.490 e. The molecule has 0 saturated carbocycles. The second-order valence-electron chi connectivity index (χ2n) is 7.76. The Morgan fingerprint density at radius 3 is 2.55 bits per heavy atom. The van der Waals surface area contributed by atoms with Gasteiger partial charge in [0.25, 0.3) is 0 Å². The third-order valence-corrected chi connectivity index (χ3v) is 5.34. The molecule has 1 aliphatic heterocycles. The maximum absolute atomic E-state index is 13.0. The van der Waals surface area contributed by atoms with E-state index >= 15 is 0 Å². The van der Waals surface area contributed by atoms with Gasteiger partial charge in [0.2, 0.25) is 17.2 Å². The van der Waals surface area contributed by atoms with Gasteiger partial charge in [-0.2, -0.15) is 0 Å². The van der Waals surface area contributed by atoms with Crippen LogP contribution in [0.5, 0.6) is 0 Å². The molecular weight excluding hydrogens is 380 g/mol. The van der Waals surface area contributed by atoms with E-state index in [1.54, 1.807) is 6.92 Å². The molecule has 1 aliphatic carbocycles. The van der Waals surface area contributed by atoms with Crippen LogP contribution < -0.4 is 0 Å². The average Bonchev–Trinajstić information content (AvgIpc) is 2.66. The lowest BCUT2D eigenvalue weighted by molar-refractivity contribution is -0.182. The number of carbonyl (C=O) groups excluding carboxylic acids is 3. The molecule has 0 bridgehead atoms. The number of rotatable bonds is 7. The molecule has 4 atom stereocenters. The molecule has 8 heteroatoms. The Morgan fingerprint density at radius 2 is 1.97 bits per heavy atom. The smallest absolute Gasteiger partial charge is 0.328 e. The number of esters is 1. The van der Waals surface area contributed by atoms with Crippen LogP contribution in [-0.2, 0) is 28.7 Å². The molecule has 0 fully saturated rings. The molecule has 2 rings (SSSR count). The minimum Gasteiger partial charge on any atom is -0.490 e. The van der Waals surface area contributed by atoms with E-state index in [9.17, 15) is 24.3 Å². The van der Waals surface area contributed by atoms with Gasteiger partial charge >= 0.3 is 11.9 Å². The topological polar surface area (TPSA) is 127 Å². The summed E-state index contributed by atoms with van der Waals surface area (Å²) in [5.41, 5.74) is -4.38. The number of carbonyl (C=O) groups is 4. The van der Waals surface area contributed by atoms with Crippen molar-refractivity contribution in [3.8, 4) is 0 Å². The maximum Gasteiger partial charge on any atom is 0.328 e. The number of aliphatic carboxylic acids is 1. The fourth-order valence-electron chi connectivity index (χ4n) is 3.24. The molecule has 0 unspecified atom stereocenters. The molecule has 0 aromatic heterocycles. The van der Waals surface area contributed by atoms with E-state index in [0.29, 0.717) is 6.42 Å². The SMILES string of the molecule is CC[C@H](C)C[C@H](C)C(=O)O[C@]1(C)C(=O)C=C2C=C(C=CC(=O)O)OC[C@]2(O)C1=O. The van der Waals surface area contributed by atoms with E-state index in [-0.39, 0.29) is 17.3 Å². The number of ether oxygens (including phenoxy) is 2. The summed E-state index contributed by atoms with van der Waals surface area (Å²) < 4.78 is 10.6. The first-order valence-corrected chi connectivity index (χ1v) is 9.46. The number of carboxylic acid groups (broad SMARTS) is 1. The first-order valence-electron chi connectivity index (χ1n) is 9.46. The monoisotopic (exact) mass is 406 g/mol. The van der Waals surface area contributed by atoms with Gasteiger partial charge < -0.3 is 19.7 Å². The summed E-state index contributed by atoms with van der Waals surface area (Å²) in [6.45, 7) is 6.29. The summed E-state index contributed by atoms with van der Waals surface area (Å²) in [5, 5.41) is 19.6. The van der Waals surface area contributed by atoms with Crippen molar-refractivity contribution in [1.29, 1.82) is 0 Å². The van der Waals surface area contributed by atoms with Crippen LogP contribution in [0, 0.1) is 11.8 Å². The number of ketones is 2. The summed E-state index contributed by atoms with van der Waals surface area (Å²) >= 11 is 0. The van der Waals surface area contributed by atoms with Crippen molar-refractivity contribution in [2.24, 2.45) is 11.8 Å². The van der Waals surface area contributed by atoms with Gasteiger partial charge in [-0.05, 0) is 37.5 Å². The van der Waals surface area contributed by atoms with Crippen molar-refractivity contribution in [1.82, 2.24) is 0 Å². The molecule has 2 N–H and O–H groups in total. The summed E-state index contributed by atoms with van der Waals surface area (Å²) in [4.78, 5) is 48.8. The van der Waals surface area contributed by atoms with Crippen molar-refractivity contribution < 1.29 is 38.9 Å². The Morgan fingerprint density at radius 1 is 1.31 bits per heavy atom. The van der Waals surface area contributed by atoms with Gasteiger partial charge in [-0.15, -0.1) is 0 Å². The van der Waals surface area contributed by atoms with Crippen LogP contribution in [0.15, 0.2) is 35.6 Å². The normalized spacial score (nSPS) is 28.7. The minimum atomic E-state index is -2.18. The molecule has 1 heterocycles. The summed E-state index contributed by atoms with van der Waals surface area (Å²) in [6, 6.07) is 0. The fourth-order valence-corrected chi connectivity index (χ4v) is 3.24. The predicted octanol–water partition coefficient (Wildman–Crippen LogP) is 1.72. The van der Waals surface area contributed by atoms with E-state index in [1.165, 1.54) is 13.0 Å². The van der Waals surface area contributed by atoms with Gasteiger partial charge in [-0.25, -0.2) is 4.79 Å². The minimum absolute atomic E-state index is 0.0371. The Kier molecular flexibility index (Phi) is 6.47. The Hall–Kier alpha value is -2.74. The molecule has 8 nitrogen and oxygen atoms in total. The maximum atomic E-state index is 13.0. The Bertz CT molecular complexity index is 821. The first-order chi connectivity index (χ1) is 13.4. The van der Waals surface area contributed by atoms with E-state index in [0.717, 1.165) is 24.6 Å². The van der Waals surface area contributed by atoms with Gasteiger partial charge in [-0.3, -0.25) is 14.4 Å². The highest BCUT2D eigenvalue weighted by molar-refractivity contribution is 6.22. The molecule has 158 valence electrons. The molecule has 0 saturated heterocycles. The molecule has 0 aromatic rings. The zero-order chi connectivity index (χ0) is 22.0. The highest BCUT2D eigenvalue weighted by Crippen LogP contribution is 2.38. The molecule has 0 aromatic carbocycles. The number of allylic oxidation sites excluding steroid dienone is 1. The van der Waals surface area contributed by atoms with Crippen molar-refractivity contribution in [3.05, 3.63) is 35.6 Å². The van der Waals surface area contributed by atoms with E-state index in [2.05, 4.69) is 0 Å². The molecule has 0 amide bonds. The van der Waals surface area contributed by atoms with Crippen LogP contribution in [-0.4, -0.2) is 51.5 Å². The van der Waals surface area contributed by atoms with Gasteiger partial charge in [0.15, 0.2) is 5.60 Å². The van der Waals surface area contributed by atoms with Crippen molar-refractivity contribution in [2.75, 3.05) is 6.61 Å². The van der Waals surface area contributed by atoms with Crippen LogP contribution in [0.25, 0.3) is 0 Å². The lowest BCUT2D eigenvalue weighted by atomic mass is 9.73. The molecule has 29 heavy (non-hydrogen) atoms. The first kappa shape index (κ1) is 22.5. The zero-order valence-corrected chi connectivity index (χ0v) is 16.9. The predicted molar refractivity (Wildman–Crippen MR) is 102 cm³/mol. The number of Topliss-reactive ketones (excluding diaryl/α,β-unsaturated/α-hetero) is 1. The molecule has 2 aliphatic rings. The third-order valence-electron chi connectivity index (χ3n) is 5.34. The lowest BCUT2D eigenvalue weighted by Gasteiger charge is -2.41. The number of aliphatic hydroxyl groups is 1. The Balaban J connectivity index is 2.30. The quantitative estimate of drug-likeness (QED) is 0.372. The van der Waals surface area contributed by atoms with E-state index < -0.39 is 47.2 Å². The zero-order valence-electron chi connectivity index (χ0n) is 16.9. The van der Waals surface area contributed by atoms with Crippen molar-refractivity contribution in [2.45, 2.75) is 51.7 Å². The Labute approximate surface area is 168 Å². The van der Waals surface area contributed by atoms with Crippen molar-refractivity contribution >= 4 is 23.5 Å². The molecule has 0 radical (unpaired) electrons. The fraction of sp³-hybridized carbons (Fsp3) is 0.524. The van der Waals surface area contributed by atoms with Gasteiger partial charge in [-0.1, -0.05) is 27.2 Å². The molecular formula is C21H26O8. The summed E-state index contributed by atoms with van der Waals surface area (Å²) in [5.74, 6) is -3.82. The number of fused-ring (bicyclic) bond motifs is 1. The second kappa shape index (κ2) is 8.32. The average molecular weight is 406 g/mol. The van der Waals surface area contributed by atoms with Gasteiger partial charge in [0.1, 0.15) is 12.4 Å². The van der Waals surface area contributed by atoms with E-state index in [4.69, 9.17) is 14.6 Å². The number of carboxylic acids is 1.